The first-order chi connectivity index (χ1) is 15.6. The maximum Gasteiger partial charge on any atom is 0.257 e. The average Bonchev–Trinajstić information content (AvgIpc) is 3.23. The second-order valence-corrected chi connectivity index (χ2v) is 7.32. The highest BCUT2D eigenvalue weighted by Gasteiger charge is 2.13. The molecule has 0 aliphatic heterocycles. The molecule has 5 aromatic rings. The van der Waals surface area contributed by atoms with E-state index in [4.69, 9.17) is 11.6 Å². The standard InChI is InChI=1S/C23H14ClFN6O/c24-19-12-16(25)5-8-18(19)23(32)27-17-6-3-14(4-7-17)20-9-10-21-28-29-22(31(21)30-20)15-2-1-11-26-13-15/h1-13H,(H,27,32). The number of benzene rings is 2. The van der Waals surface area contributed by atoms with Crippen LogP contribution in [0, 0.1) is 5.82 Å². The van der Waals surface area contributed by atoms with Gasteiger partial charge in [0.2, 0.25) is 0 Å². The molecule has 0 saturated heterocycles. The molecule has 0 atom stereocenters. The van der Waals surface area contributed by atoms with E-state index in [9.17, 15) is 9.18 Å². The Morgan fingerprint density at radius 1 is 0.969 bits per heavy atom. The summed E-state index contributed by atoms with van der Waals surface area (Å²) in [6.07, 6.45) is 3.39. The molecule has 32 heavy (non-hydrogen) atoms. The van der Waals surface area contributed by atoms with Crippen molar-refractivity contribution in [3.05, 3.63) is 95.5 Å². The van der Waals surface area contributed by atoms with Crippen LogP contribution in [0.25, 0.3) is 28.3 Å². The Morgan fingerprint density at radius 3 is 2.56 bits per heavy atom. The smallest absolute Gasteiger partial charge is 0.257 e. The average molecular weight is 445 g/mol. The van der Waals surface area contributed by atoms with E-state index in [0.717, 1.165) is 17.2 Å². The highest BCUT2D eigenvalue weighted by atomic mass is 35.5. The van der Waals surface area contributed by atoms with Gasteiger partial charge >= 0.3 is 0 Å². The number of pyridine rings is 1. The van der Waals surface area contributed by atoms with Crippen LogP contribution >= 0.6 is 11.6 Å². The lowest BCUT2D eigenvalue weighted by Crippen LogP contribution is -2.12. The molecule has 3 heterocycles. The van der Waals surface area contributed by atoms with E-state index >= 15 is 0 Å². The summed E-state index contributed by atoms with van der Waals surface area (Å²) in [6.45, 7) is 0. The molecule has 9 heteroatoms. The largest absolute Gasteiger partial charge is 0.322 e. The van der Waals surface area contributed by atoms with Gasteiger partial charge in [0.25, 0.3) is 5.91 Å². The number of aromatic nitrogens is 5. The van der Waals surface area contributed by atoms with Crippen molar-refractivity contribution < 1.29 is 9.18 Å². The van der Waals surface area contributed by atoms with Crippen LogP contribution in [-0.2, 0) is 0 Å². The van der Waals surface area contributed by atoms with Gasteiger partial charge in [-0.25, -0.2) is 4.39 Å². The minimum atomic E-state index is -0.500. The van der Waals surface area contributed by atoms with Crippen molar-refractivity contribution in [3.8, 4) is 22.6 Å². The molecule has 7 nitrogen and oxygen atoms in total. The first-order valence-electron chi connectivity index (χ1n) is 9.58. The van der Waals surface area contributed by atoms with Crippen molar-refractivity contribution >= 4 is 28.8 Å². The summed E-state index contributed by atoms with van der Waals surface area (Å²) in [5.74, 6) is -0.331. The number of amides is 1. The van der Waals surface area contributed by atoms with Crippen LogP contribution in [0.3, 0.4) is 0 Å². The van der Waals surface area contributed by atoms with Crippen molar-refractivity contribution in [1.29, 1.82) is 0 Å². The molecule has 0 unspecified atom stereocenters. The van der Waals surface area contributed by atoms with E-state index < -0.39 is 11.7 Å². The van der Waals surface area contributed by atoms with Crippen LogP contribution in [0.2, 0.25) is 5.02 Å². The molecule has 1 amide bonds. The molecule has 156 valence electrons. The zero-order valence-corrected chi connectivity index (χ0v) is 17.2. The zero-order valence-electron chi connectivity index (χ0n) is 16.4. The molecule has 0 bridgehead atoms. The highest BCUT2D eigenvalue weighted by Crippen LogP contribution is 2.23. The Bertz CT molecular complexity index is 1440. The predicted molar refractivity (Wildman–Crippen MR) is 119 cm³/mol. The van der Waals surface area contributed by atoms with E-state index in [-0.39, 0.29) is 10.6 Å². The molecule has 3 aromatic heterocycles. The molecular formula is C23H14ClFN6O. The third-order valence-electron chi connectivity index (χ3n) is 4.80. The fourth-order valence-corrected chi connectivity index (χ4v) is 3.47. The lowest BCUT2D eigenvalue weighted by atomic mass is 10.1. The number of anilines is 1. The SMILES string of the molecule is O=C(Nc1ccc(-c2ccc3nnc(-c4cccnc4)n3n2)cc1)c1ccc(F)cc1Cl. The summed E-state index contributed by atoms with van der Waals surface area (Å²) in [7, 11) is 0. The maximum atomic E-state index is 13.2. The topological polar surface area (TPSA) is 85.1 Å². The Morgan fingerprint density at radius 2 is 1.81 bits per heavy atom. The van der Waals surface area contributed by atoms with Crippen molar-refractivity contribution in [2.24, 2.45) is 0 Å². The van der Waals surface area contributed by atoms with Gasteiger partial charge < -0.3 is 5.32 Å². The molecule has 0 spiro atoms. The van der Waals surface area contributed by atoms with Crippen LogP contribution in [0.4, 0.5) is 10.1 Å². The number of carbonyl (C=O) groups is 1. The van der Waals surface area contributed by atoms with E-state index in [0.29, 0.717) is 22.9 Å². The van der Waals surface area contributed by atoms with Gasteiger partial charge in [0.15, 0.2) is 11.5 Å². The van der Waals surface area contributed by atoms with E-state index in [1.165, 1.54) is 12.1 Å². The summed E-state index contributed by atoms with van der Waals surface area (Å²) >= 11 is 5.97. The summed E-state index contributed by atoms with van der Waals surface area (Å²) in [6, 6.07) is 18.2. The Balaban J connectivity index is 1.41. The molecule has 2 aromatic carbocycles. The zero-order chi connectivity index (χ0) is 22.1. The predicted octanol–water partition coefficient (Wildman–Crippen LogP) is 4.90. The maximum absolute atomic E-state index is 13.2. The number of nitrogens with zero attached hydrogens (tertiary/aromatic N) is 5. The van der Waals surface area contributed by atoms with Crippen molar-refractivity contribution in [3.63, 3.8) is 0 Å². The van der Waals surface area contributed by atoms with Gasteiger partial charge in [-0.15, -0.1) is 10.2 Å². The Kier molecular flexibility index (Phi) is 5.04. The fourth-order valence-electron chi connectivity index (χ4n) is 3.21. The van der Waals surface area contributed by atoms with Gasteiger partial charge in [-0.3, -0.25) is 9.78 Å². The van der Waals surface area contributed by atoms with Crippen LogP contribution < -0.4 is 5.32 Å². The minimum absolute atomic E-state index is 0.0509. The fraction of sp³-hybridized carbons (Fsp3) is 0. The molecule has 0 saturated carbocycles. The van der Waals surface area contributed by atoms with Crippen molar-refractivity contribution in [2.45, 2.75) is 0 Å². The molecular weight excluding hydrogens is 431 g/mol. The quantitative estimate of drug-likeness (QED) is 0.426. The van der Waals surface area contributed by atoms with Crippen molar-refractivity contribution in [2.75, 3.05) is 5.32 Å². The molecule has 1 N–H and O–H groups in total. The van der Waals surface area contributed by atoms with Gasteiger partial charge in [-0.05, 0) is 54.6 Å². The number of fused-ring (bicyclic) bond motifs is 1. The summed E-state index contributed by atoms with van der Waals surface area (Å²) in [5, 5.41) is 15.8. The van der Waals surface area contributed by atoms with Gasteiger partial charge in [0.05, 0.1) is 16.3 Å². The molecule has 0 aliphatic carbocycles. The Labute approximate surface area is 186 Å². The number of hydrogen-bond acceptors (Lipinski definition) is 5. The van der Waals surface area contributed by atoms with E-state index in [1.54, 1.807) is 29.0 Å². The van der Waals surface area contributed by atoms with Gasteiger partial charge in [0, 0.05) is 29.2 Å². The number of nitrogens with one attached hydrogen (secondary N) is 1. The lowest BCUT2D eigenvalue weighted by Gasteiger charge is -2.08. The number of hydrogen-bond donors (Lipinski definition) is 1. The van der Waals surface area contributed by atoms with E-state index in [2.05, 4.69) is 25.6 Å². The monoisotopic (exact) mass is 444 g/mol. The summed E-state index contributed by atoms with van der Waals surface area (Å²) in [4.78, 5) is 16.6. The molecule has 0 aliphatic rings. The van der Waals surface area contributed by atoms with Gasteiger partial charge in [-0.2, -0.15) is 9.61 Å². The minimum Gasteiger partial charge on any atom is -0.322 e. The number of halogens is 2. The first kappa shape index (κ1) is 19.8. The lowest BCUT2D eigenvalue weighted by molar-refractivity contribution is 0.102. The van der Waals surface area contributed by atoms with Crippen LogP contribution in [0.15, 0.2) is 79.1 Å². The van der Waals surface area contributed by atoms with E-state index in [1.807, 2.05) is 36.4 Å². The molecule has 0 fully saturated rings. The van der Waals surface area contributed by atoms with Crippen LogP contribution in [-0.4, -0.2) is 30.7 Å². The third-order valence-corrected chi connectivity index (χ3v) is 5.11. The second-order valence-electron chi connectivity index (χ2n) is 6.91. The normalized spacial score (nSPS) is 10.9. The van der Waals surface area contributed by atoms with Crippen LogP contribution in [0.1, 0.15) is 10.4 Å². The first-order valence-corrected chi connectivity index (χ1v) is 9.96. The Hall–Kier alpha value is -4.17. The molecule has 5 rings (SSSR count). The summed E-state index contributed by atoms with van der Waals surface area (Å²) in [5.41, 5.74) is 3.74. The number of carbonyl (C=O) groups excluding carboxylic acids is 1. The van der Waals surface area contributed by atoms with Gasteiger partial charge in [0.1, 0.15) is 5.82 Å². The van der Waals surface area contributed by atoms with Crippen molar-refractivity contribution in [1.82, 2.24) is 24.8 Å². The van der Waals surface area contributed by atoms with Gasteiger partial charge in [-0.1, -0.05) is 23.7 Å². The molecule has 0 radical (unpaired) electrons. The number of rotatable bonds is 4. The summed E-state index contributed by atoms with van der Waals surface area (Å²) < 4.78 is 14.9. The second kappa shape index (κ2) is 8.16. The highest BCUT2D eigenvalue weighted by molar-refractivity contribution is 6.34. The van der Waals surface area contributed by atoms with Crippen LogP contribution in [0.5, 0.6) is 0 Å². The third kappa shape index (κ3) is 3.79.